The Hall–Kier alpha value is -2.44. The summed E-state index contributed by atoms with van der Waals surface area (Å²) in [5, 5.41) is 13.3. The Morgan fingerprint density at radius 1 is 1.11 bits per heavy atom. The number of aliphatic carboxylic acids is 1. The normalized spacial score (nSPS) is 19.6. The third-order valence-electron chi connectivity index (χ3n) is 5.33. The smallest absolute Gasteiger partial charge is 0.306 e. The number of hydrogen-bond acceptors (Lipinski definition) is 5. The summed E-state index contributed by atoms with van der Waals surface area (Å²) in [5.74, 6) is -0.00427. The van der Waals surface area contributed by atoms with Crippen LogP contribution >= 0.6 is 11.3 Å². The first kappa shape index (κ1) is 18.9. The van der Waals surface area contributed by atoms with Gasteiger partial charge in [-0.2, -0.15) is 0 Å². The van der Waals surface area contributed by atoms with Crippen molar-refractivity contribution in [2.45, 2.75) is 38.1 Å². The van der Waals surface area contributed by atoms with Crippen LogP contribution in [-0.2, 0) is 11.2 Å². The van der Waals surface area contributed by atoms with Crippen LogP contribution in [0.15, 0.2) is 48.5 Å². The van der Waals surface area contributed by atoms with E-state index < -0.39 is 5.97 Å². The first-order valence-corrected chi connectivity index (χ1v) is 10.6. The molecule has 0 spiro atoms. The average molecular weight is 397 g/mol. The minimum atomic E-state index is -0.647. The van der Waals surface area contributed by atoms with Crippen molar-refractivity contribution in [2.75, 3.05) is 6.54 Å². The molecule has 2 N–H and O–H groups in total. The van der Waals surface area contributed by atoms with E-state index in [0.29, 0.717) is 11.2 Å². The molecular weight excluding hydrogens is 372 g/mol. The molecule has 4 rings (SSSR count). The summed E-state index contributed by atoms with van der Waals surface area (Å²) >= 11 is 1.55. The fourth-order valence-electron chi connectivity index (χ4n) is 3.68. The summed E-state index contributed by atoms with van der Waals surface area (Å²) in [6.45, 7) is 0.903. The third kappa shape index (κ3) is 4.69. The highest BCUT2D eigenvalue weighted by Crippen LogP contribution is 2.31. The number of carboxylic acid groups (broad SMARTS) is 1. The molecule has 0 saturated heterocycles. The molecule has 0 radical (unpaired) electrons. The van der Waals surface area contributed by atoms with Crippen molar-refractivity contribution < 1.29 is 14.6 Å². The van der Waals surface area contributed by atoms with Gasteiger partial charge in [0.2, 0.25) is 0 Å². The number of rotatable bonds is 7. The minimum absolute atomic E-state index is 0.152. The summed E-state index contributed by atoms with van der Waals surface area (Å²) in [7, 11) is 0. The van der Waals surface area contributed by atoms with Crippen LogP contribution in [-0.4, -0.2) is 28.6 Å². The Morgan fingerprint density at radius 2 is 1.86 bits per heavy atom. The molecule has 1 fully saturated rings. The van der Waals surface area contributed by atoms with Gasteiger partial charge in [0, 0.05) is 6.04 Å². The van der Waals surface area contributed by atoms with E-state index in [1.807, 2.05) is 36.4 Å². The molecule has 1 aromatic heterocycles. The molecule has 5 nitrogen and oxygen atoms in total. The molecule has 3 aromatic rings. The number of benzene rings is 2. The van der Waals surface area contributed by atoms with Crippen LogP contribution < -0.4 is 10.1 Å². The molecule has 1 aliphatic rings. The highest BCUT2D eigenvalue weighted by atomic mass is 32.1. The number of carbonyl (C=O) groups is 1. The Bertz CT molecular complexity index is 897. The summed E-state index contributed by atoms with van der Waals surface area (Å²) in [5.41, 5.74) is 2.21. The Labute approximate surface area is 168 Å². The number of thiazole rings is 1. The maximum Gasteiger partial charge on any atom is 0.306 e. The average Bonchev–Trinajstić information content (AvgIpc) is 3.12. The lowest BCUT2D eigenvalue weighted by molar-refractivity contribution is -0.142. The third-order valence-corrected chi connectivity index (χ3v) is 6.24. The highest BCUT2D eigenvalue weighted by molar-refractivity contribution is 7.20. The van der Waals surface area contributed by atoms with E-state index >= 15 is 0 Å². The second-order valence-corrected chi connectivity index (χ2v) is 8.28. The molecule has 28 heavy (non-hydrogen) atoms. The molecule has 1 saturated carbocycles. The van der Waals surface area contributed by atoms with Crippen LogP contribution in [0, 0.1) is 5.92 Å². The van der Waals surface area contributed by atoms with Gasteiger partial charge in [-0.25, -0.2) is 4.98 Å². The molecule has 2 aromatic carbocycles. The van der Waals surface area contributed by atoms with Gasteiger partial charge in [0.15, 0.2) is 0 Å². The van der Waals surface area contributed by atoms with Crippen molar-refractivity contribution in [3.05, 3.63) is 54.1 Å². The molecule has 0 aliphatic heterocycles. The van der Waals surface area contributed by atoms with Crippen LogP contribution in [0.1, 0.15) is 31.2 Å². The van der Waals surface area contributed by atoms with Crippen molar-refractivity contribution in [3.63, 3.8) is 0 Å². The fraction of sp³-hybridized carbons (Fsp3) is 0.364. The Kier molecular flexibility index (Phi) is 5.88. The van der Waals surface area contributed by atoms with Gasteiger partial charge in [0.05, 0.1) is 16.1 Å². The zero-order valence-electron chi connectivity index (χ0n) is 15.6. The second-order valence-electron chi connectivity index (χ2n) is 7.28. The first-order valence-electron chi connectivity index (χ1n) is 9.76. The quantitative estimate of drug-likeness (QED) is 0.596. The van der Waals surface area contributed by atoms with Crippen molar-refractivity contribution in [1.29, 1.82) is 0 Å². The lowest BCUT2D eigenvalue weighted by Gasteiger charge is -2.27. The van der Waals surface area contributed by atoms with E-state index in [9.17, 15) is 4.79 Å². The van der Waals surface area contributed by atoms with Gasteiger partial charge in [-0.3, -0.25) is 4.79 Å². The number of hydrogen-bond donors (Lipinski definition) is 2. The maximum absolute atomic E-state index is 11.0. The summed E-state index contributed by atoms with van der Waals surface area (Å²) in [4.78, 5) is 15.5. The predicted octanol–water partition coefficient (Wildman–Crippen LogP) is 4.86. The van der Waals surface area contributed by atoms with Gasteiger partial charge in [-0.15, -0.1) is 0 Å². The molecule has 146 valence electrons. The summed E-state index contributed by atoms with van der Waals surface area (Å²) in [6.07, 6.45) is 4.41. The molecule has 0 bridgehead atoms. The molecule has 6 heteroatoms. The van der Waals surface area contributed by atoms with E-state index in [1.54, 1.807) is 11.3 Å². The Morgan fingerprint density at radius 3 is 2.57 bits per heavy atom. The summed E-state index contributed by atoms with van der Waals surface area (Å²) in [6, 6.07) is 16.6. The van der Waals surface area contributed by atoms with Gasteiger partial charge in [0.25, 0.3) is 5.19 Å². The lowest BCUT2D eigenvalue weighted by Crippen LogP contribution is -2.36. The number of nitrogens with one attached hydrogen (secondary N) is 1. The van der Waals surface area contributed by atoms with E-state index in [2.05, 4.69) is 22.4 Å². The van der Waals surface area contributed by atoms with Gasteiger partial charge in [-0.05, 0) is 68.5 Å². The van der Waals surface area contributed by atoms with Gasteiger partial charge >= 0.3 is 5.97 Å². The zero-order valence-corrected chi connectivity index (χ0v) is 16.5. The summed E-state index contributed by atoms with van der Waals surface area (Å²) < 4.78 is 7.01. The van der Waals surface area contributed by atoms with E-state index in [4.69, 9.17) is 9.84 Å². The van der Waals surface area contributed by atoms with E-state index in [0.717, 1.165) is 54.6 Å². The van der Waals surface area contributed by atoms with Crippen molar-refractivity contribution in [2.24, 2.45) is 5.92 Å². The molecule has 1 aliphatic carbocycles. The lowest BCUT2D eigenvalue weighted by atomic mass is 9.86. The van der Waals surface area contributed by atoms with Crippen molar-refractivity contribution in [3.8, 4) is 10.9 Å². The molecular formula is C22H24N2O3S. The molecule has 0 atom stereocenters. The van der Waals surface area contributed by atoms with Crippen LogP contribution in [0.5, 0.6) is 10.9 Å². The maximum atomic E-state index is 11.0. The minimum Gasteiger partial charge on any atom is -0.481 e. The molecule has 1 heterocycles. The van der Waals surface area contributed by atoms with Gasteiger partial charge in [0.1, 0.15) is 5.75 Å². The topological polar surface area (TPSA) is 71.5 Å². The molecule has 0 unspecified atom stereocenters. The predicted molar refractivity (Wildman–Crippen MR) is 111 cm³/mol. The fourth-order valence-corrected chi connectivity index (χ4v) is 4.52. The van der Waals surface area contributed by atoms with Crippen LogP contribution in [0.25, 0.3) is 10.2 Å². The molecule has 0 amide bonds. The SMILES string of the molecule is O=C(O)[C@H]1CC[C@@H](NCCc2ccc(Oc3nc4ccccc4s3)cc2)CC1. The number of fused-ring (bicyclic) bond motifs is 1. The number of ether oxygens (including phenoxy) is 1. The Balaban J connectivity index is 1.24. The van der Waals surface area contributed by atoms with Crippen LogP contribution in [0.2, 0.25) is 0 Å². The van der Waals surface area contributed by atoms with Gasteiger partial charge in [-0.1, -0.05) is 35.6 Å². The highest BCUT2D eigenvalue weighted by Gasteiger charge is 2.25. The number of nitrogens with zero attached hydrogens (tertiary/aromatic N) is 1. The number of carboxylic acids is 1. The second kappa shape index (κ2) is 8.71. The standard InChI is InChI=1S/C22H24N2O3S/c25-21(26)16-7-9-17(10-8-16)23-14-13-15-5-11-18(12-6-15)27-22-24-19-3-1-2-4-20(19)28-22/h1-6,11-12,16-17,23H,7-10,13-14H2,(H,25,26)/t16-,17+. The number of para-hydroxylation sites is 1. The van der Waals surface area contributed by atoms with Gasteiger partial charge < -0.3 is 15.2 Å². The van der Waals surface area contributed by atoms with E-state index in [1.165, 1.54) is 5.56 Å². The van der Waals surface area contributed by atoms with E-state index in [-0.39, 0.29) is 5.92 Å². The van der Waals surface area contributed by atoms with Crippen LogP contribution in [0.3, 0.4) is 0 Å². The monoisotopic (exact) mass is 396 g/mol. The first-order chi connectivity index (χ1) is 13.7. The number of aromatic nitrogens is 1. The largest absolute Gasteiger partial charge is 0.481 e. The van der Waals surface area contributed by atoms with Crippen LogP contribution in [0.4, 0.5) is 0 Å². The van der Waals surface area contributed by atoms with Crippen molar-refractivity contribution in [1.82, 2.24) is 10.3 Å². The van der Waals surface area contributed by atoms with Crippen molar-refractivity contribution >= 4 is 27.5 Å². The zero-order chi connectivity index (χ0) is 19.3.